The van der Waals surface area contributed by atoms with Crippen molar-refractivity contribution in [1.82, 2.24) is 16.1 Å². The minimum absolute atomic E-state index is 0.197. The summed E-state index contributed by atoms with van der Waals surface area (Å²) in [5.41, 5.74) is 4.26. The van der Waals surface area contributed by atoms with Gasteiger partial charge in [0.25, 0.3) is 5.91 Å². The molecule has 43 heavy (non-hydrogen) atoms. The van der Waals surface area contributed by atoms with Crippen LogP contribution in [0.1, 0.15) is 34.6 Å². The zero-order valence-corrected chi connectivity index (χ0v) is 24.2. The first-order chi connectivity index (χ1) is 20.6. The van der Waals surface area contributed by atoms with E-state index in [2.05, 4.69) is 21.2 Å². The number of rotatable bonds is 10. The van der Waals surface area contributed by atoms with E-state index in [0.29, 0.717) is 28.3 Å². The minimum Gasteiger partial charge on any atom is -0.493 e. The number of hydrogen-bond acceptors (Lipinski definition) is 10. The van der Waals surface area contributed by atoms with Crippen molar-refractivity contribution in [1.29, 1.82) is 0 Å². The normalized spacial score (nSPS) is 14.5. The SMILES string of the molecule is COC(=O)C1=C(C)NC(=O)N[C@@H]1c1ccc(OCC(=O)N/N=C\c2ccc(-c3ccc(Cl)c(C(=O)OC)c3)o2)c(OC)c1. The van der Waals surface area contributed by atoms with E-state index in [1.807, 2.05) is 0 Å². The van der Waals surface area contributed by atoms with Crippen molar-refractivity contribution in [2.75, 3.05) is 27.9 Å². The molecule has 0 bridgehead atoms. The Hall–Kier alpha value is -5.30. The fourth-order valence-corrected chi connectivity index (χ4v) is 4.37. The molecule has 3 N–H and O–H groups in total. The predicted octanol–water partition coefficient (Wildman–Crippen LogP) is 3.73. The fourth-order valence-electron chi connectivity index (χ4n) is 4.17. The van der Waals surface area contributed by atoms with Crippen molar-refractivity contribution in [3.8, 4) is 22.8 Å². The summed E-state index contributed by atoms with van der Waals surface area (Å²) in [6.45, 7) is 1.20. The molecule has 0 fully saturated rings. The Morgan fingerprint density at radius 1 is 1.02 bits per heavy atom. The summed E-state index contributed by atoms with van der Waals surface area (Å²) < 4.78 is 26.3. The monoisotopic (exact) mass is 610 g/mol. The number of amides is 3. The van der Waals surface area contributed by atoms with Crippen LogP contribution >= 0.6 is 11.6 Å². The zero-order chi connectivity index (χ0) is 31.1. The number of halogens is 1. The van der Waals surface area contributed by atoms with E-state index in [0.717, 1.165) is 0 Å². The van der Waals surface area contributed by atoms with Gasteiger partial charge in [-0.05, 0) is 55.0 Å². The molecule has 0 saturated heterocycles. The molecule has 14 heteroatoms. The highest BCUT2D eigenvalue weighted by atomic mass is 35.5. The summed E-state index contributed by atoms with van der Waals surface area (Å²) in [6, 6.07) is 11.6. The van der Waals surface area contributed by atoms with Gasteiger partial charge in [0, 0.05) is 11.3 Å². The Morgan fingerprint density at radius 3 is 2.51 bits per heavy atom. The zero-order valence-electron chi connectivity index (χ0n) is 23.5. The van der Waals surface area contributed by atoms with Gasteiger partial charge >= 0.3 is 18.0 Å². The molecule has 224 valence electrons. The third-order valence-electron chi connectivity index (χ3n) is 6.22. The molecule has 0 unspecified atom stereocenters. The van der Waals surface area contributed by atoms with Crippen molar-refractivity contribution in [3.63, 3.8) is 0 Å². The number of allylic oxidation sites excluding steroid dienone is 1. The molecule has 13 nitrogen and oxygen atoms in total. The lowest BCUT2D eigenvalue weighted by Crippen LogP contribution is -2.45. The van der Waals surface area contributed by atoms with E-state index in [1.54, 1.807) is 55.5 Å². The van der Waals surface area contributed by atoms with Crippen LogP contribution in [0.3, 0.4) is 0 Å². The summed E-state index contributed by atoms with van der Waals surface area (Å²) in [6.07, 6.45) is 1.30. The highest BCUT2D eigenvalue weighted by Crippen LogP contribution is 2.34. The minimum atomic E-state index is -0.793. The molecule has 0 saturated carbocycles. The maximum absolute atomic E-state index is 12.4. The molecular formula is C29H27ClN4O9. The second-order valence-corrected chi connectivity index (χ2v) is 9.35. The molecule has 1 atom stereocenters. The van der Waals surface area contributed by atoms with Crippen molar-refractivity contribution in [3.05, 3.63) is 81.7 Å². The van der Waals surface area contributed by atoms with Crippen molar-refractivity contribution >= 4 is 41.7 Å². The molecule has 2 heterocycles. The van der Waals surface area contributed by atoms with E-state index < -0.39 is 36.5 Å². The summed E-state index contributed by atoms with van der Waals surface area (Å²) in [7, 11) is 3.93. The number of carbonyl (C=O) groups excluding carboxylic acids is 4. The van der Waals surface area contributed by atoms with Crippen molar-refractivity contribution in [2.45, 2.75) is 13.0 Å². The van der Waals surface area contributed by atoms with Gasteiger partial charge in [-0.25, -0.2) is 19.8 Å². The first-order valence-corrected chi connectivity index (χ1v) is 13.0. The van der Waals surface area contributed by atoms with Gasteiger partial charge in [0.1, 0.15) is 11.5 Å². The summed E-state index contributed by atoms with van der Waals surface area (Å²) in [5, 5.41) is 9.37. The quantitative estimate of drug-likeness (QED) is 0.176. The van der Waals surface area contributed by atoms with Crippen LogP contribution in [-0.2, 0) is 19.1 Å². The highest BCUT2D eigenvalue weighted by molar-refractivity contribution is 6.33. The van der Waals surface area contributed by atoms with Crippen LogP contribution in [0.25, 0.3) is 11.3 Å². The number of ether oxygens (including phenoxy) is 4. The molecule has 0 aliphatic carbocycles. The van der Waals surface area contributed by atoms with Gasteiger partial charge in [0.2, 0.25) is 0 Å². The molecule has 2 aromatic carbocycles. The molecule has 3 aromatic rings. The highest BCUT2D eigenvalue weighted by Gasteiger charge is 2.32. The first kappa shape index (κ1) is 30.7. The second-order valence-electron chi connectivity index (χ2n) is 8.94. The Labute approximate surface area is 250 Å². The molecule has 3 amide bonds. The smallest absolute Gasteiger partial charge is 0.339 e. The van der Waals surface area contributed by atoms with E-state index in [4.69, 9.17) is 35.0 Å². The number of benzene rings is 2. The lowest BCUT2D eigenvalue weighted by molar-refractivity contribution is -0.136. The topological polar surface area (TPSA) is 167 Å². The van der Waals surface area contributed by atoms with Crippen LogP contribution in [0.5, 0.6) is 11.5 Å². The van der Waals surface area contributed by atoms with E-state index in [9.17, 15) is 19.2 Å². The fraction of sp³-hybridized carbons (Fsp3) is 0.207. The van der Waals surface area contributed by atoms with Crippen molar-refractivity contribution < 1.29 is 42.5 Å². The maximum Gasteiger partial charge on any atom is 0.339 e. The average molecular weight is 611 g/mol. The van der Waals surface area contributed by atoms with Crippen LogP contribution in [0.4, 0.5) is 4.79 Å². The van der Waals surface area contributed by atoms with Crippen LogP contribution in [0.15, 0.2) is 69.3 Å². The Kier molecular flexibility index (Phi) is 9.68. The number of carbonyl (C=O) groups is 4. The largest absolute Gasteiger partial charge is 0.493 e. The molecule has 4 rings (SSSR count). The number of esters is 2. The summed E-state index contributed by atoms with van der Waals surface area (Å²) in [4.78, 5) is 48.7. The third kappa shape index (κ3) is 7.13. The van der Waals surface area contributed by atoms with Crippen LogP contribution in [0.2, 0.25) is 5.02 Å². The lowest BCUT2D eigenvalue weighted by Gasteiger charge is -2.28. The number of hydrogen-bond donors (Lipinski definition) is 3. The molecule has 0 spiro atoms. The van der Waals surface area contributed by atoms with Crippen LogP contribution < -0.4 is 25.5 Å². The van der Waals surface area contributed by atoms with Gasteiger partial charge in [-0.15, -0.1) is 0 Å². The second kappa shape index (κ2) is 13.6. The van der Waals surface area contributed by atoms with Crippen LogP contribution in [-0.4, -0.2) is 58.0 Å². The average Bonchev–Trinajstić information content (AvgIpc) is 3.48. The van der Waals surface area contributed by atoms with Gasteiger partial charge in [-0.2, -0.15) is 5.10 Å². The van der Waals surface area contributed by atoms with Gasteiger partial charge in [0.05, 0.1) is 49.7 Å². The predicted molar refractivity (Wildman–Crippen MR) is 154 cm³/mol. The summed E-state index contributed by atoms with van der Waals surface area (Å²) in [5.74, 6) is -0.443. The first-order valence-electron chi connectivity index (χ1n) is 12.6. The van der Waals surface area contributed by atoms with Gasteiger partial charge < -0.3 is 34.0 Å². The summed E-state index contributed by atoms with van der Waals surface area (Å²) >= 11 is 6.07. The van der Waals surface area contributed by atoms with E-state index in [-0.39, 0.29) is 27.7 Å². The Morgan fingerprint density at radius 2 is 1.79 bits per heavy atom. The van der Waals surface area contributed by atoms with E-state index >= 15 is 0 Å². The number of nitrogens with one attached hydrogen (secondary N) is 3. The standard InChI is InChI=1S/C29H27ClN4O9/c1-15-25(28(37)41-4)26(33-29(38)32-15)17-6-9-22(23(12-17)39-2)42-14-24(35)34-31-13-18-7-10-21(43-18)16-5-8-20(30)19(11-16)27(36)40-3/h5-13,26H,14H2,1-4H3,(H,34,35)(H2,32,33,38)/b31-13-/t26-/m1/s1. The molecule has 1 aliphatic heterocycles. The number of hydrazone groups is 1. The van der Waals surface area contributed by atoms with Gasteiger partial charge in [-0.3, -0.25) is 4.79 Å². The number of methoxy groups -OCH3 is 3. The molecule has 0 radical (unpaired) electrons. The third-order valence-corrected chi connectivity index (χ3v) is 6.55. The Balaban J connectivity index is 1.37. The number of urea groups is 1. The molecule has 1 aromatic heterocycles. The number of furan rings is 1. The van der Waals surface area contributed by atoms with Crippen molar-refractivity contribution in [2.24, 2.45) is 5.10 Å². The maximum atomic E-state index is 12.4. The number of nitrogens with zero attached hydrogens (tertiary/aromatic N) is 1. The van der Waals surface area contributed by atoms with Crippen LogP contribution in [0, 0.1) is 0 Å². The Bertz CT molecular complexity index is 1630. The molecular weight excluding hydrogens is 584 g/mol. The van der Waals surface area contributed by atoms with Gasteiger partial charge in [0.15, 0.2) is 18.1 Å². The van der Waals surface area contributed by atoms with Gasteiger partial charge in [-0.1, -0.05) is 17.7 Å². The van der Waals surface area contributed by atoms with E-state index in [1.165, 1.54) is 27.5 Å². The lowest BCUT2D eigenvalue weighted by atomic mass is 9.95. The molecule has 1 aliphatic rings.